The van der Waals surface area contributed by atoms with Crippen LogP contribution in [-0.4, -0.2) is 5.60 Å². The molecule has 0 radical (unpaired) electrons. The summed E-state index contributed by atoms with van der Waals surface area (Å²) >= 11 is 0. The van der Waals surface area contributed by atoms with Gasteiger partial charge < -0.3 is 4.74 Å². The first kappa shape index (κ1) is 8.10. The summed E-state index contributed by atoms with van der Waals surface area (Å²) in [6.45, 7) is 4.44. The Kier molecular flexibility index (Phi) is 1.40. The van der Waals surface area contributed by atoms with Gasteiger partial charge in [0.25, 0.3) is 0 Å². The zero-order valence-corrected chi connectivity index (χ0v) is 8.53. The summed E-state index contributed by atoms with van der Waals surface area (Å²) in [5, 5.41) is 0. The molecule has 3 atom stereocenters. The number of ether oxygens (including phenoxy) is 1. The van der Waals surface area contributed by atoms with Crippen LogP contribution < -0.4 is 4.74 Å². The first-order valence-electron chi connectivity index (χ1n) is 5.18. The summed E-state index contributed by atoms with van der Waals surface area (Å²) in [6, 6.07) is 8.37. The molecule has 0 spiro atoms. The van der Waals surface area contributed by atoms with Crippen LogP contribution in [0.3, 0.4) is 0 Å². The fourth-order valence-corrected chi connectivity index (χ4v) is 2.58. The molecule has 1 aromatic carbocycles. The van der Waals surface area contributed by atoms with Crippen molar-refractivity contribution in [3.8, 4) is 5.75 Å². The quantitative estimate of drug-likeness (QED) is 0.566. The Morgan fingerprint density at radius 2 is 2.00 bits per heavy atom. The van der Waals surface area contributed by atoms with Crippen molar-refractivity contribution in [1.82, 2.24) is 0 Å². The minimum atomic E-state index is -0.0380. The molecule has 3 rings (SSSR count). The highest BCUT2D eigenvalue weighted by molar-refractivity contribution is 5.48. The van der Waals surface area contributed by atoms with Crippen LogP contribution in [0.2, 0.25) is 0 Å². The lowest BCUT2D eigenvalue weighted by Crippen LogP contribution is -2.36. The van der Waals surface area contributed by atoms with Gasteiger partial charge in [0, 0.05) is 17.4 Å². The zero-order valence-electron chi connectivity index (χ0n) is 8.53. The topological polar surface area (TPSA) is 9.23 Å². The summed E-state index contributed by atoms with van der Waals surface area (Å²) in [7, 11) is 0. The van der Waals surface area contributed by atoms with Crippen molar-refractivity contribution < 1.29 is 4.74 Å². The van der Waals surface area contributed by atoms with Crippen molar-refractivity contribution >= 4 is 0 Å². The van der Waals surface area contributed by atoms with Gasteiger partial charge in [0.05, 0.1) is 0 Å². The normalized spacial score (nSPS) is 37.9. The lowest BCUT2D eigenvalue weighted by atomic mass is 9.84. The highest BCUT2D eigenvalue weighted by atomic mass is 16.5. The lowest BCUT2D eigenvalue weighted by Gasteiger charge is -2.28. The van der Waals surface area contributed by atoms with E-state index in [1.165, 1.54) is 5.56 Å². The van der Waals surface area contributed by atoms with Gasteiger partial charge in [-0.05, 0) is 13.0 Å². The van der Waals surface area contributed by atoms with E-state index in [4.69, 9.17) is 4.74 Å². The maximum absolute atomic E-state index is 6.07. The molecular formula is C13H14O. The van der Waals surface area contributed by atoms with E-state index in [1.807, 2.05) is 6.07 Å². The van der Waals surface area contributed by atoms with Crippen LogP contribution in [0.15, 0.2) is 36.4 Å². The maximum atomic E-state index is 6.07. The fourth-order valence-electron chi connectivity index (χ4n) is 2.58. The van der Waals surface area contributed by atoms with Gasteiger partial charge in [0.15, 0.2) is 0 Å². The van der Waals surface area contributed by atoms with Crippen LogP contribution in [-0.2, 0) is 0 Å². The molecule has 1 heteroatoms. The van der Waals surface area contributed by atoms with Gasteiger partial charge >= 0.3 is 0 Å². The summed E-state index contributed by atoms with van der Waals surface area (Å²) in [5.74, 6) is 2.02. The number of benzene rings is 1. The molecule has 72 valence electrons. The highest BCUT2D eigenvalue weighted by Crippen LogP contribution is 2.52. The van der Waals surface area contributed by atoms with Crippen molar-refractivity contribution in [1.29, 1.82) is 0 Å². The third-order valence-electron chi connectivity index (χ3n) is 3.70. The Labute approximate surface area is 84.4 Å². The van der Waals surface area contributed by atoms with Crippen LogP contribution in [0.25, 0.3) is 0 Å². The lowest BCUT2D eigenvalue weighted by molar-refractivity contribution is 0.0745. The summed E-state index contributed by atoms with van der Waals surface area (Å²) in [5.41, 5.74) is 1.31. The number of hydrogen-bond acceptors (Lipinski definition) is 1. The second-order valence-electron chi connectivity index (χ2n) is 4.47. The predicted octanol–water partition coefficient (Wildman–Crippen LogP) is 3.13. The molecule has 0 bridgehead atoms. The minimum absolute atomic E-state index is 0.0380. The molecule has 0 aromatic heterocycles. The van der Waals surface area contributed by atoms with Gasteiger partial charge in [-0.2, -0.15) is 0 Å². The molecule has 0 saturated carbocycles. The number of para-hydroxylation sites is 1. The van der Waals surface area contributed by atoms with Crippen molar-refractivity contribution in [3.05, 3.63) is 42.0 Å². The Morgan fingerprint density at radius 1 is 1.21 bits per heavy atom. The Bertz CT molecular complexity index is 407. The zero-order chi connectivity index (χ0) is 9.76. The molecule has 1 aromatic rings. The number of hydrogen-bond donors (Lipinski definition) is 0. The molecule has 1 aliphatic carbocycles. The van der Waals surface area contributed by atoms with Crippen LogP contribution in [0.4, 0.5) is 0 Å². The van der Waals surface area contributed by atoms with E-state index in [2.05, 4.69) is 44.2 Å². The predicted molar refractivity (Wildman–Crippen MR) is 56.5 cm³/mol. The summed E-state index contributed by atoms with van der Waals surface area (Å²) in [4.78, 5) is 0. The van der Waals surface area contributed by atoms with Crippen molar-refractivity contribution in [2.75, 3.05) is 0 Å². The van der Waals surface area contributed by atoms with Crippen LogP contribution >= 0.6 is 0 Å². The number of rotatable bonds is 0. The van der Waals surface area contributed by atoms with E-state index in [0.29, 0.717) is 11.8 Å². The first-order valence-corrected chi connectivity index (χ1v) is 5.18. The summed E-state index contributed by atoms with van der Waals surface area (Å²) < 4.78 is 6.07. The average Bonchev–Trinajstić information content (AvgIpc) is 2.61. The van der Waals surface area contributed by atoms with Crippen LogP contribution in [0, 0.1) is 5.92 Å². The molecule has 0 N–H and O–H groups in total. The number of fused-ring (bicyclic) bond motifs is 3. The SMILES string of the molecule is C[C@H]1C=C[C@H]2c3ccccc3O[C@]12C. The standard InChI is InChI=1S/C13H14O/c1-9-7-8-11-10-5-3-4-6-12(10)14-13(9,11)2/h3-9,11H,1-2H3/t9-,11-,13+/m0/s1. The monoisotopic (exact) mass is 186 g/mol. The van der Waals surface area contributed by atoms with Gasteiger partial charge in [0.2, 0.25) is 0 Å². The molecule has 1 heterocycles. The van der Waals surface area contributed by atoms with E-state index >= 15 is 0 Å². The largest absolute Gasteiger partial charge is 0.486 e. The van der Waals surface area contributed by atoms with Crippen molar-refractivity contribution in [3.63, 3.8) is 0 Å². The molecule has 1 nitrogen and oxygen atoms in total. The van der Waals surface area contributed by atoms with Gasteiger partial charge in [-0.3, -0.25) is 0 Å². The average molecular weight is 186 g/mol. The smallest absolute Gasteiger partial charge is 0.124 e. The summed E-state index contributed by atoms with van der Waals surface area (Å²) in [6.07, 6.45) is 4.55. The van der Waals surface area contributed by atoms with E-state index in [9.17, 15) is 0 Å². The van der Waals surface area contributed by atoms with Crippen molar-refractivity contribution in [2.45, 2.75) is 25.4 Å². The van der Waals surface area contributed by atoms with Gasteiger partial charge in [-0.1, -0.05) is 37.3 Å². The molecule has 1 aliphatic heterocycles. The minimum Gasteiger partial charge on any atom is -0.486 e. The molecule has 0 saturated heterocycles. The first-order chi connectivity index (χ1) is 6.72. The fraction of sp³-hybridized carbons (Fsp3) is 0.385. The highest BCUT2D eigenvalue weighted by Gasteiger charge is 2.49. The van der Waals surface area contributed by atoms with E-state index in [1.54, 1.807) is 0 Å². The van der Waals surface area contributed by atoms with E-state index < -0.39 is 0 Å². The second kappa shape index (κ2) is 2.41. The Morgan fingerprint density at radius 3 is 2.86 bits per heavy atom. The molecule has 2 aliphatic rings. The van der Waals surface area contributed by atoms with Gasteiger partial charge in [0.1, 0.15) is 11.4 Å². The van der Waals surface area contributed by atoms with Crippen molar-refractivity contribution in [2.24, 2.45) is 5.92 Å². The third-order valence-corrected chi connectivity index (χ3v) is 3.70. The Balaban J connectivity index is 2.16. The van der Waals surface area contributed by atoms with E-state index in [0.717, 1.165) is 5.75 Å². The van der Waals surface area contributed by atoms with Gasteiger partial charge in [-0.25, -0.2) is 0 Å². The molecule has 0 amide bonds. The molecule has 14 heavy (non-hydrogen) atoms. The molecular weight excluding hydrogens is 172 g/mol. The van der Waals surface area contributed by atoms with E-state index in [-0.39, 0.29) is 5.60 Å². The third kappa shape index (κ3) is 0.802. The van der Waals surface area contributed by atoms with Crippen LogP contribution in [0.1, 0.15) is 25.3 Å². The van der Waals surface area contributed by atoms with Gasteiger partial charge in [-0.15, -0.1) is 0 Å². The molecule has 0 unspecified atom stereocenters. The maximum Gasteiger partial charge on any atom is 0.124 e. The van der Waals surface area contributed by atoms with Crippen LogP contribution in [0.5, 0.6) is 5.75 Å². The Hall–Kier alpha value is -1.24. The molecule has 0 fully saturated rings. The second-order valence-corrected chi connectivity index (χ2v) is 4.47.